The average Bonchev–Trinajstić information content (AvgIpc) is 2.62. The summed E-state index contributed by atoms with van der Waals surface area (Å²) in [6.07, 6.45) is 0. The number of amides is 1. The topological polar surface area (TPSA) is 60.5 Å². The van der Waals surface area contributed by atoms with E-state index in [0.29, 0.717) is 16.3 Å². The molecule has 1 amide bonds. The molecule has 7 heteroatoms. The number of fused-ring (bicyclic) bond motifs is 1. The summed E-state index contributed by atoms with van der Waals surface area (Å²) in [5, 5.41) is 3.85. The van der Waals surface area contributed by atoms with Crippen molar-refractivity contribution in [3.8, 4) is 11.5 Å². The molecule has 1 N–H and O–H groups in total. The van der Waals surface area contributed by atoms with Gasteiger partial charge in [0.05, 0.1) is 25.4 Å². The highest BCUT2D eigenvalue weighted by atomic mass is 35.5. The van der Waals surface area contributed by atoms with E-state index in [1.54, 1.807) is 30.3 Å². The Morgan fingerprint density at radius 3 is 2.48 bits per heavy atom. The monoisotopic (exact) mass is 360 g/mol. The first-order valence-electron chi connectivity index (χ1n) is 7.31. The third-order valence-corrected chi connectivity index (χ3v) is 3.84. The minimum Gasteiger partial charge on any atom is -0.493 e. The lowest BCUT2D eigenvalue weighted by molar-refractivity contribution is 0.102. The summed E-state index contributed by atoms with van der Waals surface area (Å²) in [6, 6.07) is 11.0. The van der Waals surface area contributed by atoms with E-state index in [0.717, 1.165) is 11.5 Å². The molecule has 2 aromatic carbocycles. The fraction of sp³-hybridized carbons (Fsp3) is 0.111. The Balaban J connectivity index is 1.92. The van der Waals surface area contributed by atoms with Crippen molar-refractivity contribution in [1.29, 1.82) is 0 Å². The molecule has 1 heterocycles. The van der Waals surface area contributed by atoms with Crippen molar-refractivity contribution < 1.29 is 18.7 Å². The van der Waals surface area contributed by atoms with E-state index >= 15 is 0 Å². The fourth-order valence-electron chi connectivity index (χ4n) is 2.35. The summed E-state index contributed by atoms with van der Waals surface area (Å²) in [6.45, 7) is 0. The van der Waals surface area contributed by atoms with E-state index < -0.39 is 11.7 Å². The van der Waals surface area contributed by atoms with Crippen LogP contribution in [0.1, 0.15) is 10.5 Å². The van der Waals surface area contributed by atoms with Crippen molar-refractivity contribution >= 4 is 34.1 Å². The summed E-state index contributed by atoms with van der Waals surface area (Å²) in [5.41, 5.74) is 0.688. The molecular formula is C18H14ClFN2O3. The van der Waals surface area contributed by atoms with Crippen molar-refractivity contribution in [2.24, 2.45) is 0 Å². The maximum absolute atomic E-state index is 14.1. The number of hydrogen-bond donors (Lipinski definition) is 1. The quantitative estimate of drug-likeness (QED) is 0.753. The van der Waals surface area contributed by atoms with Crippen LogP contribution in [0.25, 0.3) is 10.9 Å². The second kappa shape index (κ2) is 6.94. The number of pyridine rings is 1. The number of rotatable bonds is 4. The number of aromatic nitrogens is 1. The highest BCUT2D eigenvalue weighted by Gasteiger charge is 2.15. The van der Waals surface area contributed by atoms with E-state index in [1.165, 1.54) is 20.3 Å². The lowest BCUT2D eigenvalue weighted by Gasteiger charge is -2.12. The van der Waals surface area contributed by atoms with Gasteiger partial charge in [0.25, 0.3) is 5.91 Å². The predicted molar refractivity (Wildman–Crippen MR) is 94.2 cm³/mol. The summed E-state index contributed by atoms with van der Waals surface area (Å²) < 4.78 is 24.3. The minimum atomic E-state index is -0.644. The third kappa shape index (κ3) is 3.49. The van der Waals surface area contributed by atoms with Crippen molar-refractivity contribution in [3.05, 3.63) is 59.0 Å². The number of ether oxygens (including phenoxy) is 2. The molecule has 0 aliphatic rings. The first-order chi connectivity index (χ1) is 12.0. The van der Waals surface area contributed by atoms with Gasteiger partial charge in [0.1, 0.15) is 5.69 Å². The molecule has 3 aromatic rings. The van der Waals surface area contributed by atoms with E-state index in [2.05, 4.69) is 10.3 Å². The van der Waals surface area contributed by atoms with Crippen LogP contribution in [0.15, 0.2) is 42.5 Å². The van der Waals surface area contributed by atoms with Crippen molar-refractivity contribution in [2.75, 3.05) is 19.5 Å². The Hall–Kier alpha value is -2.86. The second-order valence-corrected chi connectivity index (χ2v) is 5.61. The van der Waals surface area contributed by atoms with Gasteiger partial charge in [0.2, 0.25) is 0 Å². The normalized spacial score (nSPS) is 10.6. The molecule has 3 rings (SSSR count). The SMILES string of the molecule is COc1cc(F)c(NC(=O)c2ccc3ccc(Cl)cc3n2)cc1OC. The average molecular weight is 361 g/mol. The van der Waals surface area contributed by atoms with Crippen LogP contribution in [0.2, 0.25) is 5.02 Å². The molecule has 0 aliphatic carbocycles. The number of nitrogens with one attached hydrogen (secondary N) is 1. The molecule has 128 valence electrons. The van der Waals surface area contributed by atoms with Crippen LogP contribution in [0.3, 0.4) is 0 Å². The van der Waals surface area contributed by atoms with Crippen molar-refractivity contribution in [2.45, 2.75) is 0 Å². The van der Waals surface area contributed by atoms with Crippen molar-refractivity contribution in [3.63, 3.8) is 0 Å². The molecule has 1 aromatic heterocycles. The van der Waals surface area contributed by atoms with Gasteiger partial charge in [0, 0.05) is 22.5 Å². The van der Waals surface area contributed by atoms with Gasteiger partial charge < -0.3 is 14.8 Å². The summed E-state index contributed by atoms with van der Waals surface area (Å²) >= 11 is 5.95. The van der Waals surface area contributed by atoms with E-state index in [9.17, 15) is 9.18 Å². The molecule has 25 heavy (non-hydrogen) atoms. The van der Waals surface area contributed by atoms with Gasteiger partial charge in [-0.1, -0.05) is 23.7 Å². The number of hydrogen-bond acceptors (Lipinski definition) is 4. The van der Waals surface area contributed by atoms with Crippen LogP contribution in [0, 0.1) is 5.82 Å². The number of methoxy groups -OCH3 is 2. The smallest absolute Gasteiger partial charge is 0.274 e. The Morgan fingerprint density at radius 2 is 1.76 bits per heavy atom. The third-order valence-electron chi connectivity index (χ3n) is 3.61. The standard InChI is InChI=1S/C18H14ClFN2O3/c1-24-16-8-12(20)15(9-17(16)25-2)22-18(23)13-6-4-10-3-5-11(19)7-14(10)21-13/h3-9H,1-2H3,(H,22,23). The molecule has 0 radical (unpaired) electrons. The van der Waals surface area contributed by atoms with Crippen LogP contribution in [0.4, 0.5) is 10.1 Å². The molecular weight excluding hydrogens is 347 g/mol. The Bertz CT molecular complexity index is 962. The molecule has 0 spiro atoms. The first-order valence-corrected chi connectivity index (χ1v) is 7.69. The highest BCUT2D eigenvalue weighted by molar-refractivity contribution is 6.31. The predicted octanol–water partition coefficient (Wildman–Crippen LogP) is 4.30. The molecule has 0 atom stereocenters. The molecule has 0 bridgehead atoms. The number of carbonyl (C=O) groups excluding carboxylic acids is 1. The summed E-state index contributed by atoms with van der Waals surface area (Å²) in [7, 11) is 2.83. The van der Waals surface area contributed by atoms with Gasteiger partial charge in [-0.2, -0.15) is 0 Å². The molecule has 5 nitrogen and oxygen atoms in total. The minimum absolute atomic E-state index is 0.0318. The van der Waals surface area contributed by atoms with Crippen LogP contribution in [0.5, 0.6) is 11.5 Å². The van der Waals surface area contributed by atoms with E-state index in [-0.39, 0.29) is 17.1 Å². The molecule has 0 saturated carbocycles. The zero-order valence-electron chi connectivity index (χ0n) is 13.5. The lowest BCUT2D eigenvalue weighted by atomic mass is 10.2. The second-order valence-electron chi connectivity index (χ2n) is 5.17. The van der Waals surface area contributed by atoms with Gasteiger partial charge in [0.15, 0.2) is 17.3 Å². The molecule has 0 unspecified atom stereocenters. The fourth-order valence-corrected chi connectivity index (χ4v) is 2.52. The van der Waals surface area contributed by atoms with Crippen LogP contribution in [-0.4, -0.2) is 25.1 Å². The number of benzene rings is 2. The number of halogens is 2. The number of anilines is 1. The first kappa shape index (κ1) is 17.0. The summed E-state index contributed by atoms with van der Waals surface area (Å²) in [5.74, 6) is -0.656. The maximum atomic E-state index is 14.1. The van der Waals surface area contributed by atoms with Gasteiger partial charge in [-0.25, -0.2) is 9.37 Å². The Morgan fingerprint density at radius 1 is 1.08 bits per heavy atom. The van der Waals surface area contributed by atoms with Crippen LogP contribution in [-0.2, 0) is 0 Å². The Labute approximate surface area is 148 Å². The van der Waals surface area contributed by atoms with Gasteiger partial charge >= 0.3 is 0 Å². The van der Waals surface area contributed by atoms with Crippen molar-refractivity contribution in [1.82, 2.24) is 4.98 Å². The molecule has 0 saturated heterocycles. The molecule has 0 aliphatic heterocycles. The zero-order valence-corrected chi connectivity index (χ0v) is 14.2. The lowest BCUT2D eigenvalue weighted by Crippen LogP contribution is -2.15. The van der Waals surface area contributed by atoms with Crippen LogP contribution < -0.4 is 14.8 Å². The highest BCUT2D eigenvalue weighted by Crippen LogP contribution is 2.32. The maximum Gasteiger partial charge on any atom is 0.274 e. The van der Waals surface area contributed by atoms with Gasteiger partial charge in [-0.3, -0.25) is 4.79 Å². The number of nitrogens with zero attached hydrogens (tertiary/aromatic N) is 1. The largest absolute Gasteiger partial charge is 0.493 e. The van der Waals surface area contributed by atoms with E-state index in [4.69, 9.17) is 21.1 Å². The zero-order chi connectivity index (χ0) is 18.0. The summed E-state index contributed by atoms with van der Waals surface area (Å²) in [4.78, 5) is 16.7. The van der Waals surface area contributed by atoms with Crippen LogP contribution >= 0.6 is 11.6 Å². The van der Waals surface area contributed by atoms with Gasteiger partial charge in [-0.15, -0.1) is 0 Å². The Kier molecular flexibility index (Phi) is 4.72. The van der Waals surface area contributed by atoms with E-state index in [1.807, 2.05) is 0 Å². The van der Waals surface area contributed by atoms with Gasteiger partial charge in [-0.05, 0) is 18.2 Å². The molecule has 0 fully saturated rings. The number of carbonyl (C=O) groups is 1.